The van der Waals surface area contributed by atoms with Crippen LogP contribution in [0.5, 0.6) is 0 Å². The third kappa shape index (κ3) is 4.16. The fourth-order valence-electron chi connectivity index (χ4n) is 1.90. The molecule has 0 aliphatic carbocycles. The van der Waals surface area contributed by atoms with E-state index in [1.165, 1.54) is 0 Å². The smallest absolute Gasteiger partial charge is 0.229 e. The molecule has 0 aliphatic rings. The summed E-state index contributed by atoms with van der Waals surface area (Å²) < 4.78 is 0. The van der Waals surface area contributed by atoms with Crippen LogP contribution in [0, 0.1) is 12.8 Å². The second kappa shape index (κ2) is 7.04. The van der Waals surface area contributed by atoms with Gasteiger partial charge in [-0.1, -0.05) is 32.0 Å². The van der Waals surface area contributed by atoms with Gasteiger partial charge in [0.2, 0.25) is 5.95 Å². The van der Waals surface area contributed by atoms with Crippen LogP contribution >= 0.6 is 0 Å². The second-order valence-electron chi connectivity index (χ2n) is 5.39. The van der Waals surface area contributed by atoms with Crippen LogP contribution in [0.1, 0.15) is 19.4 Å². The number of benzene rings is 1. The first kappa shape index (κ1) is 15.3. The van der Waals surface area contributed by atoms with Crippen molar-refractivity contribution in [2.45, 2.75) is 26.8 Å². The zero-order valence-corrected chi connectivity index (χ0v) is 12.7. The molecule has 112 valence electrons. The maximum atomic E-state index is 9.43. The molecule has 0 radical (unpaired) electrons. The van der Waals surface area contributed by atoms with Gasteiger partial charge in [-0.15, -0.1) is 0 Å². The number of para-hydroxylation sites is 1. The molecule has 0 aliphatic heterocycles. The van der Waals surface area contributed by atoms with Crippen LogP contribution in [0.2, 0.25) is 0 Å². The topological polar surface area (TPSA) is 70.1 Å². The van der Waals surface area contributed by atoms with Crippen molar-refractivity contribution in [2.75, 3.05) is 17.2 Å². The minimum atomic E-state index is -0.0248. The molecule has 2 aromatic rings. The van der Waals surface area contributed by atoms with Crippen LogP contribution in [-0.4, -0.2) is 27.7 Å². The van der Waals surface area contributed by atoms with E-state index >= 15 is 0 Å². The Hall–Kier alpha value is -2.14. The first-order valence-electron chi connectivity index (χ1n) is 7.13. The number of hydrogen-bond acceptors (Lipinski definition) is 5. The minimum absolute atomic E-state index is 0.0248. The normalized spacial score (nSPS) is 12.2. The SMILES string of the molecule is Cc1cnc(Nc2ccccc2)nc1N[C@@H](CO)C(C)C. The van der Waals surface area contributed by atoms with Crippen molar-refractivity contribution in [3.05, 3.63) is 42.1 Å². The highest BCUT2D eigenvalue weighted by molar-refractivity contribution is 5.55. The lowest BCUT2D eigenvalue weighted by Crippen LogP contribution is -2.30. The number of aliphatic hydroxyl groups excluding tert-OH is 1. The summed E-state index contributed by atoms with van der Waals surface area (Å²) in [4.78, 5) is 8.78. The number of hydrogen-bond donors (Lipinski definition) is 3. The molecule has 1 aromatic carbocycles. The van der Waals surface area contributed by atoms with Crippen molar-refractivity contribution >= 4 is 17.5 Å². The van der Waals surface area contributed by atoms with Gasteiger partial charge < -0.3 is 15.7 Å². The first-order valence-corrected chi connectivity index (χ1v) is 7.13. The predicted octanol–water partition coefficient (Wildman–Crippen LogP) is 2.96. The molecule has 0 unspecified atom stereocenters. The van der Waals surface area contributed by atoms with Gasteiger partial charge in [0.1, 0.15) is 5.82 Å². The highest BCUT2D eigenvalue weighted by Gasteiger charge is 2.14. The van der Waals surface area contributed by atoms with Gasteiger partial charge in [-0.2, -0.15) is 4.98 Å². The fraction of sp³-hybridized carbons (Fsp3) is 0.375. The quantitative estimate of drug-likeness (QED) is 0.761. The molecule has 3 N–H and O–H groups in total. The predicted molar refractivity (Wildman–Crippen MR) is 85.8 cm³/mol. The Morgan fingerprint density at radius 1 is 1.19 bits per heavy atom. The van der Waals surface area contributed by atoms with Gasteiger partial charge in [0.15, 0.2) is 0 Å². The largest absolute Gasteiger partial charge is 0.394 e. The molecule has 2 rings (SSSR count). The number of aromatic nitrogens is 2. The molecule has 1 aromatic heterocycles. The monoisotopic (exact) mass is 286 g/mol. The van der Waals surface area contributed by atoms with Crippen molar-refractivity contribution in [2.24, 2.45) is 5.92 Å². The summed E-state index contributed by atoms with van der Waals surface area (Å²) in [5.74, 6) is 1.60. The second-order valence-corrected chi connectivity index (χ2v) is 5.39. The summed E-state index contributed by atoms with van der Waals surface area (Å²) in [7, 11) is 0. The van der Waals surface area contributed by atoms with Gasteiger partial charge in [-0.3, -0.25) is 0 Å². The van der Waals surface area contributed by atoms with Crippen molar-refractivity contribution in [3.8, 4) is 0 Å². The Balaban J connectivity index is 2.17. The van der Waals surface area contributed by atoms with Crippen molar-refractivity contribution in [1.29, 1.82) is 0 Å². The molecule has 0 bridgehead atoms. The summed E-state index contributed by atoms with van der Waals surface area (Å²) in [5.41, 5.74) is 1.89. The van der Waals surface area contributed by atoms with Gasteiger partial charge in [0.05, 0.1) is 12.6 Å². The molecule has 0 saturated heterocycles. The van der Waals surface area contributed by atoms with Gasteiger partial charge in [-0.05, 0) is 25.0 Å². The summed E-state index contributed by atoms with van der Waals surface area (Å²) in [6.07, 6.45) is 1.77. The molecule has 5 nitrogen and oxygen atoms in total. The Morgan fingerprint density at radius 2 is 1.90 bits per heavy atom. The van der Waals surface area contributed by atoms with Crippen LogP contribution in [0.15, 0.2) is 36.5 Å². The van der Waals surface area contributed by atoms with Crippen LogP contribution in [-0.2, 0) is 0 Å². The van der Waals surface area contributed by atoms with E-state index in [-0.39, 0.29) is 12.6 Å². The molecule has 1 atom stereocenters. The van der Waals surface area contributed by atoms with Crippen LogP contribution in [0.4, 0.5) is 17.5 Å². The fourth-order valence-corrected chi connectivity index (χ4v) is 1.90. The molecule has 0 amide bonds. The van der Waals surface area contributed by atoms with E-state index in [1.54, 1.807) is 6.20 Å². The molecule has 0 saturated carbocycles. The van der Waals surface area contributed by atoms with Crippen LogP contribution in [0.25, 0.3) is 0 Å². The minimum Gasteiger partial charge on any atom is -0.394 e. The molecule has 5 heteroatoms. The van der Waals surface area contributed by atoms with Crippen LogP contribution < -0.4 is 10.6 Å². The van der Waals surface area contributed by atoms with E-state index in [1.807, 2.05) is 37.3 Å². The molecule has 0 spiro atoms. The van der Waals surface area contributed by atoms with Crippen molar-refractivity contribution in [1.82, 2.24) is 9.97 Å². The summed E-state index contributed by atoms with van der Waals surface area (Å²) in [5, 5.41) is 15.9. The van der Waals surface area contributed by atoms with E-state index < -0.39 is 0 Å². The number of nitrogens with one attached hydrogen (secondary N) is 2. The average Bonchev–Trinajstić information content (AvgIpc) is 2.48. The van der Waals surface area contributed by atoms with Gasteiger partial charge in [0, 0.05) is 17.4 Å². The lowest BCUT2D eigenvalue weighted by Gasteiger charge is -2.21. The molecular formula is C16H22N4O. The lowest BCUT2D eigenvalue weighted by molar-refractivity contribution is 0.249. The number of aliphatic hydroxyl groups is 1. The van der Waals surface area contributed by atoms with E-state index in [0.29, 0.717) is 11.9 Å². The van der Waals surface area contributed by atoms with Gasteiger partial charge in [-0.25, -0.2) is 4.98 Å². The summed E-state index contributed by atoms with van der Waals surface area (Å²) in [6, 6.07) is 9.76. The van der Waals surface area contributed by atoms with Crippen LogP contribution in [0.3, 0.4) is 0 Å². The number of aryl methyl sites for hydroxylation is 1. The van der Waals surface area contributed by atoms with Gasteiger partial charge >= 0.3 is 0 Å². The van der Waals surface area contributed by atoms with Crippen molar-refractivity contribution in [3.63, 3.8) is 0 Å². The zero-order valence-electron chi connectivity index (χ0n) is 12.7. The molecule has 21 heavy (non-hydrogen) atoms. The first-order chi connectivity index (χ1) is 10.1. The zero-order chi connectivity index (χ0) is 15.2. The standard InChI is InChI=1S/C16H22N4O/c1-11(2)14(10-21)19-15-12(3)9-17-16(20-15)18-13-7-5-4-6-8-13/h4-9,11,14,21H,10H2,1-3H3,(H2,17,18,19,20)/t14-/m0/s1. The van der Waals surface area contributed by atoms with E-state index in [9.17, 15) is 5.11 Å². The highest BCUT2D eigenvalue weighted by Crippen LogP contribution is 2.18. The summed E-state index contributed by atoms with van der Waals surface area (Å²) in [6.45, 7) is 6.15. The third-order valence-electron chi connectivity index (χ3n) is 3.33. The third-order valence-corrected chi connectivity index (χ3v) is 3.33. The number of nitrogens with zero attached hydrogens (tertiary/aromatic N) is 2. The Labute approximate surface area is 125 Å². The Bertz CT molecular complexity index is 572. The summed E-state index contributed by atoms with van der Waals surface area (Å²) >= 11 is 0. The highest BCUT2D eigenvalue weighted by atomic mass is 16.3. The van der Waals surface area contributed by atoms with E-state index in [0.717, 1.165) is 17.1 Å². The maximum Gasteiger partial charge on any atom is 0.229 e. The Morgan fingerprint density at radius 3 is 2.52 bits per heavy atom. The number of rotatable bonds is 6. The van der Waals surface area contributed by atoms with E-state index in [2.05, 4.69) is 34.4 Å². The molecule has 1 heterocycles. The maximum absolute atomic E-state index is 9.43. The molecular weight excluding hydrogens is 264 g/mol. The van der Waals surface area contributed by atoms with E-state index in [4.69, 9.17) is 0 Å². The van der Waals surface area contributed by atoms with Gasteiger partial charge in [0.25, 0.3) is 0 Å². The Kier molecular flexibility index (Phi) is 5.11. The molecule has 0 fully saturated rings. The number of anilines is 3. The average molecular weight is 286 g/mol. The lowest BCUT2D eigenvalue weighted by atomic mass is 10.1. The van der Waals surface area contributed by atoms with Crippen molar-refractivity contribution < 1.29 is 5.11 Å².